The van der Waals surface area contributed by atoms with Crippen LogP contribution in [-0.2, 0) is 20.0 Å². The Bertz CT molecular complexity index is 1320. The highest BCUT2D eigenvalue weighted by Gasteiger charge is 2.33. The van der Waals surface area contributed by atoms with Gasteiger partial charge in [0.2, 0.25) is 25.9 Å². The van der Waals surface area contributed by atoms with E-state index in [9.17, 15) is 16.8 Å². The molecule has 0 bridgehead atoms. The molecule has 0 aliphatic carbocycles. The van der Waals surface area contributed by atoms with Gasteiger partial charge in [0.15, 0.2) is 0 Å². The zero-order valence-electron chi connectivity index (χ0n) is 16.0. The summed E-state index contributed by atoms with van der Waals surface area (Å²) in [6.45, 7) is 1.07. The molecule has 3 aromatic rings. The number of anilines is 1. The maximum absolute atomic E-state index is 13.1. The molecule has 3 heterocycles. The summed E-state index contributed by atoms with van der Waals surface area (Å²) in [6.07, 6.45) is 3.42. The van der Waals surface area contributed by atoms with Crippen molar-refractivity contribution in [3.8, 4) is 22.5 Å². The number of primary sulfonamides is 1. The number of tetrazole rings is 1. The molecule has 164 valence electrons. The largest absolute Gasteiger partial charge is 0.397 e. The number of pyridine rings is 1. The number of H-pyrrole nitrogens is 1. The van der Waals surface area contributed by atoms with E-state index in [1.54, 1.807) is 6.07 Å². The SMILES string of the molecule is Nc1cncc(-c2ccc(S(=O)(=O)NC3CCNC3)c(S(N)(=O)=O)c2-c2nn[nH]n2)c1. The Morgan fingerprint density at radius 1 is 1.16 bits per heavy atom. The third-order valence-corrected chi connectivity index (χ3v) is 7.40. The summed E-state index contributed by atoms with van der Waals surface area (Å²) in [5.41, 5.74) is 6.69. The quantitative estimate of drug-likeness (QED) is 0.293. The highest BCUT2D eigenvalue weighted by molar-refractivity contribution is 7.92. The van der Waals surface area contributed by atoms with Gasteiger partial charge in [-0.25, -0.2) is 26.7 Å². The molecule has 4 rings (SSSR count). The van der Waals surface area contributed by atoms with Crippen molar-refractivity contribution in [3.63, 3.8) is 0 Å². The van der Waals surface area contributed by atoms with E-state index in [1.807, 2.05) is 0 Å². The van der Waals surface area contributed by atoms with Gasteiger partial charge in [0.1, 0.15) is 9.79 Å². The molecule has 1 unspecified atom stereocenters. The Labute approximate surface area is 177 Å². The van der Waals surface area contributed by atoms with E-state index in [0.717, 1.165) is 0 Å². The lowest BCUT2D eigenvalue weighted by Gasteiger charge is -2.18. The summed E-state index contributed by atoms with van der Waals surface area (Å²) >= 11 is 0. The van der Waals surface area contributed by atoms with Crippen molar-refractivity contribution in [1.29, 1.82) is 0 Å². The number of aromatic nitrogens is 5. The molecule has 1 aliphatic heterocycles. The number of nitrogen functional groups attached to an aromatic ring is 1. The van der Waals surface area contributed by atoms with Gasteiger partial charge in [-0.15, -0.1) is 10.2 Å². The predicted molar refractivity (Wildman–Crippen MR) is 110 cm³/mol. The standard InChI is InChI=1S/C16H19N9O4S2/c17-10-5-9(6-20-7-10)12-1-2-13(31(28,29)23-11-3-4-19-8-11)15(30(18,26)27)14(12)16-21-24-25-22-16/h1-2,5-7,11,19,23H,3-4,8,17H2,(H2,18,26,27)(H,21,22,24,25). The van der Waals surface area contributed by atoms with Gasteiger partial charge in [0.05, 0.1) is 11.3 Å². The van der Waals surface area contributed by atoms with Gasteiger partial charge in [0.25, 0.3) is 0 Å². The Balaban J connectivity index is 2.01. The molecule has 13 nitrogen and oxygen atoms in total. The molecule has 0 amide bonds. The minimum atomic E-state index is -4.56. The van der Waals surface area contributed by atoms with Crippen molar-refractivity contribution in [2.24, 2.45) is 5.14 Å². The number of rotatable bonds is 6. The van der Waals surface area contributed by atoms with E-state index in [0.29, 0.717) is 30.8 Å². The molecule has 15 heteroatoms. The molecule has 1 saturated heterocycles. The van der Waals surface area contributed by atoms with Crippen molar-refractivity contribution < 1.29 is 16.8 Å². The van der Waals surface area contributed by atoms with Crippen LogP contribution in [0, 0.1) is 0 Å². The number of benzene rings is 1. The van der Waals surface area contributed by atoms with Crippen LogP contribution < -0.4 is 20.9 Å². The lowest BCUT2D eigenvalue weighted by molar-refractivity contribution is 0.555. The zero-order valence-corrected chi connectivity index (χ0v) is 17.6. The molecule has 31 heavy (non-hydrogen) atoms. The summed E-state index contributed by atoms with van der Waals surface area (Å²) in [6, 6.07) is 3.77. The molecule has 1 fully saturated rings. The van der Waals surface area contributed by atoms with Gasteiger partial charge in [-0.3, -0.25) is 4.98 Å². The number of nitrogens with zero attached hydrogens (tertiary/aromatic N) is 4. The smallest absolute Gasteiger partial charge is 0.242 e. The summed E-state index contributed by atoms with van der Waals surface area (Å²) < 4.78 is 54.1. The number of sulfonamides is 2. The zero-order chi connectivity index (χ0) is 22.2. The van der Waals surface area contributed by atoms with Crippen LogP contribution in [0.2, 0.25) is 0 Å². The van der Waals surface area contributed by atoms with E-state index >= 15 is 0 Å². The molecule has 7 N–H and O–H groups in total. The van der Waals surface area contributed by atoms with Crippen LogP contribution in [0.5, 0.6) is 0 Å². The average Bonchev–Trinajstić information content (AvgIpc) is 3.40. The Morgan fingerprint density at radius 3 is 2.58 bits per heavy atom. The van der Waals surface area contributed by atoms with Crippen molar-refractivity contribution >= 4 is 25.7 Å². The van der Waals surface area contributed by atoms with E-state index in [4.69, 9.17) is 10.9 Å². The third kappa shape index (κ3) is 4.26. The van der Waals surface area contributed by atoms with Crippen LogP contribution >= 0.6 is 0 Å². The first-order valence-corrected chi connectivity index (χ1v) is 12.1. The minimum absolute atomic E-state index is 0.129. The van der Waals surface area contributed by atoms with Crippen molar-refractivity contribution in [3.05, 3.63) is 30.6 Å². The lowest BCUT2D eigenvalue weighted by atomic mass is 10.0. The molecular weight excluding hydrogens is 446 g/mol. The summed E-state index contributed by atoms with van der Waals surface area (Å²) in [5.74, 6) is -0.152. The second-order valence-corrected chi connectivity index (χ2v) is 10.1. The van der Waals surface area contributed by atoms with Gasteiger partial charge < -0.3 is 11.1 Å². The normalized spacial score (nSPS) is 17.1. The molecule has 1 atom stereocenters. The van der Waals surface area contributed by atoms with Crippen LogP contribution in [0.3, 0.4) is 0 Å². The maximum atomic E-state index is 13.1. The first kappa shape index (κ1) is 21.3. The number of aromatic amines is 1. The second kappa shape index (κ2) is 7.93. The third-order valence-electron chi connectivity index (χ3n) is 4.72. The molecule has 0 saturated carbocycles. The fraction of sp³-hybridized carbons (Fsp3) is 0.250. The van der Waals surface area contributed by atoms with Crippen LogP contribution in [-0.4, -0.2) is 61.6 Å². The highest BCUT2D eigenvalue weighted by Crippen LogP contribution is 2.38. The Morgan fingerprint density at radius 2 is 1.97 bits per heavy atom. The summed E-state index contributed by atoms with van der Waals surface area (Å²) in [4.78, 5) is 2.85. The number of nitrogens with two attached hydrogens (primary N) is 2. The topological polar surface area (TPSA) is 212 Å². The van der Waals surface area contributed by atoms with Crippen molar-refractivity contribution in [2.75, 3.05) is 18.8 Å². The Kier molecular flexibility index (Phi) is 5.44. The summed E-state index contributed by atoms with van der Waals surface area (Å²) in [7, 11) is -8.81. The van der Waals surface area contributed by atoms with Crippen LogP contribution in [0.4, 0.5) is 5.69 Å². The average molecular weight is 466 g/mol. The van der Waals surface area contributed by atoms with E-state index in [1.165, 1.54) is 24.5 Å². The minimum Gasteiger partial charge on any atom is -0.397 e. The first-order valence-electron chi connectivity index (χ1n) is 9.04. The van der Waals surface area contributed by atoms with Crippen LogP contribution in [0.15, 0.2) is 40.4 Å². The maximum Gasteiger partial charge on any atom is 0.242 e. The van der Waals surface area contributed by atoms with E-state index in [-0.39, 0.29) is 23.0 Å². The molecule has 2 aromatic heterocycles. The van der Waals surface area contributed by atoms with Crippen molar-refractivity contribution in [2.45, 2.75) is 22.3 Å². The van der Waals surface area contributed by atoms with E-state index in [2.05, 4.69) is 35.6 Å². The number of hydrogen-bond donors (Lipinski definition) is 5. The number of nitrogens with one attached hydrogen (secondary N) is 3. The predicted octanol–water partition coefficient (Wildman–Crippen LogP) is -1.20. The highest BCUT2D eigenvalue weighted by atomic mass is 32.2. The Hall–Kier alpha value is -2.98. The van der Waals surface area contributed by atoms with Gasteiger partial charge in [0, 0.05) is 30.5 Å². The van der Waals surface area contributed by atoms with Crippen molar-refractivity contribution in [1.82, 2.24) is 35.6 Å². The van der Waals surface area contributed by atoms with Gasteiger partial charge >= 0.3 is 0 Å². The van der Waals surface area contributed by atoms with Gasteiger partial charge in [-0.2, -0.15) is 5.21 Å². The second-order valence-electron chi connectivity index (χ2n) is 6.91. The lowest BCUT2D eigenvalue weighted by Crippen LogP contribution is -2.37. The monoisotopic (exact) mass is 465 g/mol. The fourth-order valence-corrected chi connectivity index (χ4v) is 6.30. The first-order chi connectivity index (χ1) is 14.7. The van der Waals surface area contributed by atoms with Gasteiger partial charge in [-0.05, 0) is 35.9 Å². The van der Waals surface area contributed by atoms with E-state index < -0.39 is 29.8 Å². The van der Waals surface area contributed by atoms with Crippen LogP contribution in [0.1, 0.15) is 6.42 Å². The van der Waals surface area contributed by atoms with Gasteiger partial charge in [-0.1, -0.05) is 6.07 Å². The molecular formula is C16H19N9O4S2. The molecule has 0 radical (unpaired) electrons. The molecule has 0 spiro atoms. The molecule has 1 aliphatic rings. The number of hydrogen-bond acceptors (Lipinski definition) is 10. The summed E-state index contributed by atoms with van der Waals surface area (Å²) in [5, 5.41) is 21.9. The molecule has 1 aromatic carbocycles. The van der Waals surface area contributed by atoms with Crippen LogP contribution in [0.25, 0.3) is 22.5 Å². The fourth-order valence-electron chi connectivity index (χ4n) is 3.43.